The molecule has 0 radical (unpaired) electrons. The first-order valence-corrected chi connectivity index (χ1v) is 10.6. The zero-order valence-electron chi connectivity index (χ0n) is 17.3. The van der Waals surface area contributed by atoms with Crippen LogP contribution in [-0.4, -0.2) is 21.9 Å². The summed E-state index contributed by atoms with van der Waals surface area (Å²) in [5.41, 5.74) is 3.04. The predicted octanol–water partition coefficient (Wildman–Crippen LogP) is 5.94. The molecular formula is C25H19Cl2NO4. The molecule has 0 saturated carbocycles. The molecule has 1 saturated heterocycles. The van der Waals surface area contributed by atoms with Gasteiger partial charge in [0.25, 0.3) is 11.7 Å². The molecule has 4 rings (SSSR count). The van der Waals surface area contributed by atoms with E-state index in [-0.39, 0.29) is 17.1 Å². The number of carbonyl (C=O) groups is 2. The highest BCUT2D eigenvalue weighted by molar-refractivity contribution is 6.52. The van der Waals surface area contributed by atoms with E-state index < -0.39 is 17.7 Å². The van der Waals surface area contributed by atoms with Gasteiger partial charge in [-0.3, -0.25) is 14.5 Å². The van der Waals surface area contributed by atoms with E-state index in [0.29, 0.717) is 26.9 Å². The fourth-order valence-electron chi connectivity index (χ4n) is 3.83. The Kier molecular flexibility index (Phi) is 5.71. The van der Waals surface area contributed by atoms with Crippen molar-refractivity contribution in [1.29, 1.82) is 0 Å². The largest absolute Gasteiger partial charge is 0.508 e. The zero-order chi connectivity index (χ0) is 23.2. The summed E-state index contributed by atoms with van der Waals surface area (Å²) in [6, 6.07) is 15.1. The summed E-state index contributed by atoms with van der Waals surface area (Å²) in [7, 11) is 0. The van der Waals surface area contributed by atoms with Crippen LogP contribution < -0.4 is 4.90 Å². The lowest BCUT2D eigenvalue weighted by Gasteiger charge is -2.26. The van der Waals surface area contributed by atoms with E-state index in [1.54, 1.807) is 24.3 Å². The number of hydrogen-bond acceptors (Lipinski definition) is 4. The van der Waals surface area contributed by atoms with E-state index in [9.17, 15) is 19.8 Å². The van der Waals surface area contributed by atoms with Gasteiger partial charge in [-0.2, -0.15) is 0 Å². The van der Waals surface area contributed by atoms with Crippen LogP contribution in [0.4, 0.5) is 5.69 Å². The number of halogens is 2. The smallest absolute Gasteiger partial charge is 0.300 e. The fraction of sp³-hybridized carbons (Fsp3) is 0.120. The van der Waals surface area contributed by atoms with Crippen molar-refractivity contribution in [1.82, 2.24) is 0 Å². The van der Waals surface area contributed by atoms with Crippen molar-refractivity contribution in [2.24, 2.45) is 0 Å². The second-order valence-electron chi connectivity index (χ2n) is 7.69. The maximum Gasteiger partial charge on any atom is 0.300 e. The number of carbonyl (C=O) groups excluding carboxylic acids is 2. The van der Waals surface area contributed by atoms with Crippen LogP contribution >= 0.6 is 23.2 Å². The molecule has 5 nitrogen and oxygen atoms in total. The number of benzene rings is 3. The van der Waals surface area contributed by atoms with E-state index >= 15 is 0 Å². The number of phenolic OH excluding ortho intramolecular Hbond substituents is 1. The summed E-state index contributed by atoms with van der Waals surface area (Å²) in [6.45, 7) is 3.83. The summed E-state index contributed by atoms with van der Waals surface area (Å²) in [4.78, 5) is 27.5. The van der Waals surface area contributed by atoms with E-state index in [2.05, 4.69) is 0 Å². The highest BCUT2D eigenvalue weighted by atomic mass is 35.5. The van der Waals surface area contributed by atoms with Gasteiger partial charge in [0.05, 0.1) is 11.6 Å². The van der Waals surface area contributed by atoms with Crippen LogP contribution in [-0.2, 0) is 9.59 Å². The molecule has 3 aromatic rings. The van der Waals surface area contributed by atoms with Crippen LogP contribution in [0.1, 0.15) is 28.3 Å². The zero-order valence-corrected chi connectivity index (χ0v) is 18.8. The van der Waals surface area contributed by atoms with Crippen molar-refractivity contribution < 1.29 is 19.8 Å². The fourth-order valence-corrected chi connectivity index (χ4v) is 4.35. The third-order valence-electron chi connectivity index (χ3n) is 5.54. The van der Waals surface area contributed by atoms with Crippen LogP contribution in [0.15, 0.2) is 66.2 Å². The standard InChI is InChI=1S/C25H19Cl2NO4/c1-13-6-7-16(8-14(13)2)23(30)21-22(15-4-3-5-20(29)9-15)28(25(32)24(21)31)19-11-17(26)10-18(27)12-19/h3-12,22,29-30H,1-2H3/b23-21+. The van der Waals surface area contributed by atoms with Gasteiger partial charge in [0, 0.05) is 21.3 Å². The first-order valence-electron chi connectivity index (χ1n) is 9.81. The summed E-state index contributed by atoms with van der Waals surface area (Å²) in [5.74, 6) is -2.01. The van der Waals surface area contributed by atoms with Gasteiger partial charge < -0.3 is 10.2 Å². The lowest BCUT2D eigenvalue weighted by atomic mass is 9.94. The molecule has 1 atom stereocenters. The Labute approximate surface area is 195 Å². The molecule has 1 amide bonds. The topological polar surface area (TPSA) is 77.8 Å². The van der Waals surface area contributed by atoms with Gasteiger partial charge in [-0.1, -0.05) is 47.5 Å². The lowest BCUT2D eigenvalue weighted by molar-refractivity contribution is -0.132. The number of Topliss-reactive ketones (excluding diaryl/α,β-unsaturated/α-hetero) is 1. The van der Waals surface area contributed by atoms with Crippen molar-refractivity contribution in [3.8, 4) is 5.75 Å². The lowest BCUT2D eigenvalue weighted by Crippen LogP contribution is -2.29. The minimum atomic E-state index is -0.988. The van der Waals surface area contributed by atoms with Crippen LogP contribution in [0, 0.1) is 13.8 Å². The highest BCUT2D eigenvalue weighted by Crippen LogP contribution is 2.43. The number of anilines is 1. The molecule has 0 spiro atoms. The number of nitrogens with zero attached hydrogens (tertiary/aromatic N) is 1. The molecule has 3 aromatic carbocycles. The Hall–Kier alpha value is -3.28. The summed E-state index contributed by atoms with van der Waals surface area (Å²) in [5, 5.41) is 21.8. The van der Waals surface area contributed by atoms with E-state index in [1.165, 1.54) is 35.2 Å². The van der Waals surface area contributed by atoms with Crippen LogP contribution in [0.25, 0.3) is 5.76 Å². The number of aliphatic hydroxyl groups is 1. The maximum absolute atomic E-state index is 13.2. The molecule has 1 aliphatic rings. The number of aromatic hydroxyl groups is 1. The summed E-state index contributed by atoms with van der Waals surface area (Å²) < 4.78 is 0. The van der Waals surface area contributed by atoms with Crippen LogP contribution in [0.2, 0.25) is 10.0 Å². The average Bonchev–Trinajstić information content (AvgIpc) is 3.00. The van der Waals surface area contributed by atoms with Gasteiger partial charge in [0.1, 0.15) is 11.5 Å². The van der Waals surface area contributed by atoms with Gasteiger partial charge in [0.15, 0.2) is 0 Å². The molecule has 0 bridgehead atoms. The molecule has 2 N–H and O–H groups in total. The first-order chi connectivity index (χ1) is 15.2. The number of aliphatic hydroxyl groups excluding tert-OH is 1. The van der Waals surface area contributed by atoms with Gasteiger partial charge in [-0.15, -0.1) is 0 Å². The Bertz CT molecular complexity index is 1280. The molecule has 1 heterocycles. The molecule has 1 aliphatic heterocycles. The van der Waals surface area contributed by atoms with Gasteiger partial charge in [0.2, 0.25) is 0 Å². The van der Waals surface area contributed by atoms with Gasteiger partial charge in [-0.05, 0) is 66.9 Å². The molecule has 32 heavy (non-hydrogen) atoms. The van der Waals surface area contributed by atoms with Crippen LogP contribution in [0.3, 0.4) is 0 Å². The third kappa shape index (κ3) is 3.85. The van der Waals surface area contributed by atoms with Crippen molar-refractivity contribution in [2.45, 2.75) is 19.9 Å². The maximum atomic E-state index is 13.2. The normalized spacial score (nSPS) is 17.8. The average molecular weight is 468 g/mol. The molecule has 162 valence electrons. The number of phenols is 1. The Morgan fingerprint density at radius 1 is 0.906 bits per heavy atom. The molecule has 0 aromatic heterocycles. The highest BCUT2D eigenvalue weighted by Gasteiger charge is 2.47. The predicted molar refractivity (Wildman–Crippen MR) is 125 cm³/mol. The molecule has 0 aliphatic carbocycles. The van der Waals surface area contributed by atoms with Crippen molar-refractivity contribution in [2.75, 3.05) is 4.90 Å². The van der Waals surface area contributed by atoms with E-state index in [0.717, 1.165) is 11.1 Å². The SMILES string of the molecule is Cc1ccc(/C(O)=C2\C(=O)C(=O)N(c3cc(Cl)cc(Cl)c3)C2c2cccc(O)c2)cc1C. The van der Waals surface area contributed by atoms with E-state index in [4.69, 9.17) is 23.2 Å². The van der Waals surface area contributed by atoms with Gasteiger partial charge in [-0.25, -0.2) is 0 Å². The number of rotatable bonds is 3. The van der Waals surface area contributed by atoms with Crippen molar-refractivity contribution >= 4 is 46.3 Å². The molecule has 1 fully saturated rings. The van der Waals surface area contributed by atoms with Crippen molar-refractivity contribution in [3.05, 3.63) is 98.5 Å². The second kappa shape index (κ2) is 8.34. The third-order valence-corrected chi connectivity index (χ3v) is 5.97. The molecule has 1 unspecified atom stereocenters. The number of aryl methyl sites for hydroxylation is 2. The quantitative estimate of drug-likeness (QED) is 0.283. The minimum absolute atomic E-state index is 0.0385. The molecule has 7 heteroatoms. The van der Waals surface area contributed by atoms with E-state index in [1.807, 2.05) is 19.9 Å². The second-order valence-corrected chi connectivity index (χ2v) is 8.56. The monoisotopic (exact) mass is 467 g/mol. The number of ketones is 1. The first kappa shape index (κ1) is 21.9. The number of amides is 1. The minimum Gasteiger partial charge on any atom is -0.508 e. The van der Waals surface area contributed by atoms with Gasteiger partial charge >= 0.3 is 0 Å². The van der Waals surface area contributed by atoms with Crippen LogP contribution in [0.5, 0.6) is 5.75 Å². The number of hydrogen-bond donors (Lipinski definition) is 2. The molecular weight excluding hydrogens is 449 g/mol. The summed E-state index contributed by atoms with van der Waals surface area (Å²) in [6.07, 6.45) is 0. The summed E-state index contributed by atoms with van der Waals surface area (Å²) >= 11 is 12.3. The van der Waals surface area contributed by atoms with Crippen molar-refractivity contribution in [3.63, 3.8) is 0 Å². The Balaban J connectivity index is 1.99. The Morgan fingerprint density at radius 3 is 2.22 bits per heavy atom. The Morgan fingerprint density at radius 2 is 1.59 bits per heavy atom.